The predicted molar refractivity (Wildman–Crippen MR) is 194 cm³/mol. The number of aromatic nitrogens is 2. The number of benzene rings is 1. The van der Waals surface area contributed by atoms with Gasteiger partial charge in [0.15, 0.2) is 22.3 Å². The number of rotatable bonds is 15. The number of carbonyl (C=O) groups excluding carboxylic acids is 4. The van der Waals surface area contributed by atoms with Gasteiger partial charge in [-0.3, -0.25) is 23.7 Å². The zero-order chi connectivity index (χ0) is 41.3. The topological polar surface area (TPSA) is 326 Å². The SMILES string of the molecule is CC(C)(O/N=C(\C(=O)NC1C(=O)N(S(=O)(=O)O)C1CNC(=O)c1cc(C2CC[N+](C)(CCNC(=O)c3ccc(O)c(O)c3Cl)C2)no1)c1csc(N)n1)C(=O)O. The van der Waals surface area contributed by atoms with E-state index in [1.54, 1.807) is 0 Å². The normalized spacial score (nSPS) is 21.3. The first kappa shape index (κ1) is 41.6. The third kappa shape index (κ3) is 8.94. The number of carboxylic acids is 1. The second-order valence-electron chi connectivity index (χ2n) is 13.7. The number of phenolic OH excluding ortho intramolecular Hbond substituents is 2. The number of amides is 4. The van der Waals surface area contributed by atoms with E-state index < -0.39 is 81.3 Å². The summed E-state index contributed by atoms with van der Waals surface area (Å²) in [6.07, 6.45) is 0.655. The maximum atomic E-state index is 13.3. The molecule has 56 heavy (non-hydrogen) atoms. The summed E-state index contributed by atoms with van der Waals surface area (Å²) in [5.41, 5.74) is 3.46. The van der Waals surface area contributed by atoms with Crippen LogP contribution in [0.3, 0.4) is 0 Å². The van der Waals surface area contributed by atoms with Crippen LogP contribution in [0.4, 0.5) is 5.13 Å². The number of carbonyl (C=O) groups is 5. The number of phenols is 2. The molecule has 25 heteroatoms. The molecule has 0 aliphatic carbocycles. The number of anilines is 1. The lowest BCUT2D eigenvalue weighted by Gasteiger charge is -2.44. The fraction of sp³-hybridized carbons (Fsp3) is 0.419. The average Bonchev–Trinajstić information content (AvgIpc) is 3.87. The van der Waals surface area contributed by atoms with Gasteiger partial charge in [-0.25, -0.2) is 14.1 Å². The molecule has 2 fully saturated rings. The zero-order valence-corrected chi connectivity index (χ0v) is 32.1. The number of quaternary nitrogens is 1. The molecule has 1 aromatic carbocycles. The van der Waals surface area contributed by atoms with E-state index in [-0.39, 0.29) is 43.9 Å². The van der Waals surface area contributed by atoms with Gasteiger partial charge in [0.1, 0.15) is 11.7 Å². The van der Waals surface area contributed by atoms with Crippen molar-refractivity contribution in [3.05, 3.63) is 51.3 Å². The highest BCUT2D eigenvalue weighted by Gasteiger charge is 2.54. The highest BCUT2D eigenvalue weighted by Crippen LogP contribution is 2.35. The van der Waals surface area contributed by atoms with Crippen molar-refractivity contribution in [1.82, 2.24) is 30.4 Å². The maximum absolute atomic E-state index is 13.3. The third-order valence-corrected chi connectivity index (χ3v) is 11.2. The smallest absolute Gasteiger partial charge is 0.362 e. The fourth-order valence-corrected chi connectivity index (χ4v) is 7.61. The third-order valence-electron chi connectivity index (χ3n) is 9.16. The molecule has 0 spiro atoms. The monoisotopic (exact) mass is 842 g/mol. The first-order chi connectivity index (χ1) is 26.1. The molecule has 4 heterocycles. The molecule has 2 aromatic heterocycles. The largest absolute Gasteiger partial charge is 0.504 e. The van der Waals surface area contributed by atoms with Crippen molar-refractivity contribution < 1.29 is 66.1 Å². The molecular formula is C31H37ClN9O13S2+. The minimum absolute atomic E-state index is 0.00214. The number of likely N-dealkylation sites (N-methyl/N-ethyl adjacent to an activating group) is 1. The highest BCUT2D eigenvalue weighted by molar-refractivity contribution is 7.84. The van der Waals surface area contributed by atoms with Gasteiger partial charge >= 0.3 is 16.3 Å². The lowest BCUT2D eigenvalue weighted by atomic mass is 9.98. The van der Waals surface area contributed by atoms with Gasteiger partial charge in [0.05, 0.1) is 61.5 Å². The second-order valence-corrected chi connectivity index (χ2v) is 16.2. The Hall–Kier alpha value is -5.56. The Labute approximate surface area is 326 Å². The predicted octanol–water partition coefficient (Wildman–Crippen LogP) is -0.346. The number of β-lactam (4-membered cyclic amide) rings is 1. The number of halogens is 1. The molecule has 3 aromatic rings. The van der Waals surface area contributed by atoms with Crippen LogP contribution in [0.15, 0.2) is 33.3 Å². The Morgan fingerprint density at radius 3 is 2.57 bits per heavy atom. The molecule has 302 valence electrons. The van der Waals surface area contributed by atoms with Gasteiger partial charge in [-0.2, -0.15) is 8.42 Å². The van der Waals surface area contributed by atoms with E-state index >= 15 is 0 Å². The number of nitrogens with zero attached hydrogens (tertiary/aromatic N) is 5. The van der Waals surface area contributed by atoms with Crippen molar-refractivity contribution in [2.45, 2.75) is 43.9 Å². The summed E-state index contributed by atoms with van der Waals surface area (Å²) in [6.45, 7) is 3.72. The van der Waals surface area contributed by atoms with Crippen molar-refractivity contribution in [3.63, 3.8) is 0 Å². The molecule has 4 amide bonds. The van der Waals surface area contributed by atoms with Crippen LogP contribution in [0, 0.1) is 0 Å². The molecule has 4 atom stereocenters. The van der Waals surface area contributed by atoms with Crippen LogP contribution in [-0.4, -0.2) is 140 Å². The van der Waals surface area contributed by atoms with Crippen molar-refractivity contribution in [1.29, 1.82) is 0 Å². The van der Waals surface area contributed by atoms with Gasteiger partial charge in [0.25, 0.3) is 23.6 Å². The first-order valence-electron chi connectivity index (χ1n) is 16.5. The molecule has 4 unspecified atom stereocenters. The van der Waals surface area contributed by atoms with E-state index in [1.807, 2.05) is 7.05 Å². The number of hydrogen-bond donors (Lipinski definition) is 8. The van der Waals surface area contributed by atoms with Gasteiger partial charge in [-0.05, 0) is 26.0 Å². The fourth-order valence-electron chi connectivity index (χ4n) is 5.93. The molecule has 22 nitrogen and oxygen atoms in total. The van der Waals surface area contributed by atoms with Crippen LogP contribution in [0.2, 0.25) is 5.02 Å². The summed E-state index contributed by atoms with van der Waals surface area (Å²) in [5.74, 6) is -6.66. The maximum Gasteiger partial charge on any atom is 0.362 e. The van der Waals surface area contributed by atoms with Crippen molar-refractivity contribution in [3.8, 4) is 11.5 Å². The highest BCUT2D eigenvalue weighted by atomic mass is 35.5. The van der Waals surface area contributed by atoms with Crippen LogP contribution in [-0.2, 0) is 29.5 Å². The summed E-state index contributed by atoms with van der Waals surface area (Å²) < 4.78 is 39.7. The number of hydrogen-bond acceptors (Lipinski definition) is 16. The van der Waals surface area contributed by atoms with E-state index in [4.69, 9.17) is 26.7 Å². The standard InChI is InChI=1S/C31H36ClN9O13S2/c1-31(2,29(48)49)54-39-22(17-13-55-30(33)36-17)27(46)37-23-18(40(28(23)47)56(50,51)52)11-35-26(45)20-10-16(38-53-20)14-6-8-41(3,12-14)9-7-34-25(44)15-4-5-19(42)24(43)21(15)32/h4-5,10,13-14,18,23H,6-9,11-12H2,1-3H3,(H8-,33,34,35,36,37,38,39,42,43,44,45,46,48,49,50,51,52)/p+1. The molecule has 2 aliphatic heterocycles. The minimum atomic E-state index is -5.15. The van der Waals surface area contributed by atoms with E-state index in [1.165, 1.54) is 17.5 Å². The summed E-state index contributed by atoms with van der Waals surface area (Å²) >= 11 is 6.90. The second kappa shape index (κ2) is 15.9. The summed E-state index contributed by atoms with van der Waals surface area (Å²) in [7, 11) is -3.18. The lowest BCUT2D eigenvalue weighted by Crippen LogP contribution is -2.74. The van der Waals surface area contributed by atoms with E-state index in [0.29, 0.717) is 36.2 Å². The zero-order valence-electron chi connectivity index (χ0n) is 29.8. The Morgan fingerprint density at radius 2 is 1.93 bits per heavy atom. The molecule has 2 aliphatic rings. The average molecular weight is 843 g/mol. The number of thiazole rings is 1. The molecule has 0 radical (unpaired) electrons. The van der Waals surface area contributed by atoms with Gasteiger partial charge < -0.3 is 50.8 Å². The van der Waals surface area contributed by atoms with Crippen LogP contribution in [0.1, 0.15) is 58.5 Å². The van der Waals surface area contributed by atoms with Crippen molar-refractivity contribution in [2.24, 2.45) is 5.16 Å². The molecular weight excluding hydrogens is 806 g/mol. The first-order valence-corrected chi connectivity index (χ1v) is 19.2. The molecule has 5 rings (SSSR count). The van der Waals surface area contributed by atoms with Crippen molar-refractivity contribution >= 4 is 73.7 Å². The van der Waals surface area contributed by atoms with E-state index in [0.717, 1.165) is 31.3 Å². The summed E-state index contributed by atoms with van der Waals surface area (Å²) in [5, 5.41) is 44.8. The van der Waals surface area contributed by atoms with Crippen LogP contribution < -0.4 is 21.7 Å². The Morgan fingerprint density at radius 1 is 1.21 bits per heavy atom. The number of nitrogens with one attached hydrogen (secondary N) is 3. The van der Waals surface area contributed by atoms with E-state index in [2.05, 4.69) is 31.2 Å². The number of carboxylic acid groups (broad SMARTS) is 1. The van der Waals surface area contributed by atoms with Crippen molar-refractivity contribution in [2.75, 3.05) is 45.5 Å². The lowest BCUT2D eigenvalue weighted by molar-refractivity contribution is -0.897. The summed E-state index contributed by atoms with van der Waals surface area (Å²) in [6, 6.07) is 0.685. The quantitative estimate of drug-likeness (QED) is 0.0242. The Balaban J connectivity index is 1.20. The number of likely N-dealkylation sites (tertiary alicyclic amines) is 1. The van der Waals surface area contributed by atoms with Gasteiger partial charge in [-0.1, -0.05) is 21.9 Å². The minimum Gasteiger partial charge on any atom is -0.504 e. The van der Waals surface area contributed by atoms with Gasteiger partial charge in [0.2, 0.25) is 11.4 Å². The van der Waals surface area contributed by atoms with E-state index in [9.17, 15) is 52.3 Å². The Kier molecular flexibility index (Phi) is 11.8. The van der Waals surface area contributed by atoms with Gasteiger partial charge in [-0.15, -0.1) is 11.3 Å². The number of nitrogens with two attached hydrogens (primary N) is 1. The number of aliphatic carboxylic acids is 1. The molecule has 0 bridgehead atoms. The number of nitrogen functional groups attached to an aromatic ring is 1. The Bertz CT molecular complexity index is 2210. The van der Waals surface area contributed by atoms with Crippen LogP contribution >= 0.6 is 22.9 Å². The molecule has 0 saturated carbocycles. The van der Waals surface area contributed by atoms with Crippen LogP contribution in [0.25, 0.3) is 0 Å². The number of oxime groups is 1. The molecule has 2 saturated heterocycles. The summed E-state index contributed by atoms with van der Waals surface area (Å²) in [4.78, 5) is 72.3. The molecule has 9 N–H and O–H groups in total. The van der Waals surface area contributed by atoms with Crippen LogP contribution in [0.5, 0.6) is 11.5 Å². The number of aromatic hydroxyl groups is 2. The van der Waals surface area contributed by atoms with Gasteiger partial charge in [0, 0.05) is 24.4 Å².